The van der Waals surface area contributed by atoms with Crippen molar-refractivity contribution in [1.82, 2.24) is 20.3 Å². The molecule has 9 heteroatoms. The molecule has 0 aromatic carbocycles. The first-order valence-electron chi connectivity index (χ1n) is 12.3. The van der Waals surface area contributed by atoms with Crippen LogP contribution in [0.15, 0.2) is 17.8 Å². The summed E-state index contributed by atoms with van der Waals surface area (Å²) in [6.45, 7) is 14.9. The second-order valence-corrected chi connectivity index (χ2v) is 10.1. The van der Waals surface area contributed by atoms with Crippen molar-refractivity contribution in [3.8, 4) is 6.01 Å². The molecule has 2 saturated heterocycles. The fraction of sp³-hybridized carbons (Fsp3) is 0.750. The lowest BCUT2D eigenvalue weighted by Crippen LogP contribution is -2.39. The molecule has 1 aromatic rings. The van der Waals surface area contributed by atoms with Crippen LogP contribution in [0.3, 0.4) is 0 Å². The number of hydrazine groups is 1. The van der Waals surface area contributed by atoms with Crippen molar-refractivity contribution in [2.75, 3.05) is 76.1 Å². The van der Waals surface area contributed by atoms with Crippen molar-refractivity contribution in [2.24, 2.45) is 11.3 Å². The fourth-order valence-electron chi connectivity index (χ4n) is 4.47. The molecule has 2 N–H and O–H groups in total. The van der Waals surface area contributed by atoms with E-state index < -0.39 is 0 Å². The van der Waals surface area contributed by atoms with E-state index in [4.69, 9.17) is 14.2 Å². The van der Waals surface area contributed by atoms with Crippen LogP contribution in [0, 0.1) is 11.3 Å². The number of anilines is 2. The largest absolute Gasteiger partial charge is 0.462 e. The number of allylic oxidation sites excluding steroid dienone is 2. The third-order valence-corrected chi connectivity index (χ3v) is 6.76. The molecular weight excluding hydrogens is 420 g/mol. The third kappa shape index (κ3) is 7.19. The molecule has 0 spiro atoms. The molecule has 0 bridgehead atoms. The van der Waals surface area contributed by atoms with Crippen molar-refractivity contribution >= 4 is 11.6 Å². The first-order valence-corrected chi connectivity index (χ1v) is 12.3. The number of rotatable bonds is 8. The van der Waals surface area contributed by atoms with E-state index in [0.29, 0.717) is 37.1 Å². The highest BCUT2D eigenvalue weighted by atomic mass is 16.5. The zero-order valence-electron chi connectivity index (χ0n) is 20.4. The maximum absolute atomic E-state index is 5.98. The van der Waals surface area contributed by atoms with Gasteiger partial charge < -0.3 is 24.5 Å². The Labute approximate surface area is 197 Å². The Morgan fingerprint density at radius 3 is 2.42 bits per heavy atom. The number of hydrogen-bond acceptors (Lipinski definition) is 9. The normalized spacial score (nSPS) is 22.6. The molecule has 1 aliphatic carbocycles. The van der Waals surface area contributed by atoms with Gasteiger partial charge in [0.25, 0.3) is 0 Å². The van der Waals surface area contributed by atoms with Gasteiger partial charge in [-0.15, -0.1) is 0 Å². The molecule has 2 fully saturated rings. The van der Waals surface area contributed by atoms with Crippen molar-refractivity contribution in [2.45, 2.75) is 40.0 Å². The minimum absolute atomic E-state index is 0.350. The zero-order valence-corrected chi connectivity index (χ0v) is 20.4. The third-order valence-electron chi connectivity index (χ3n) is 6.76. The molecule has 184 valence electrons. The Morgan fingerprint density at radius 1 is 1.03 bits per heavy atom. The van der Waals surface area contributed by atoms with Crippen LogP contribution in [0.25, 0.3) is 0 Å². The van der Waals surface area contributed by atoms with Gasteiger partial charge in [-0.05, 0) is 30.6 Å². The van der Waals surface area contributed by atoms with Gasteiger partial charge in [-0.1, -0.05) is 26.8 Å². The average molecular weight is 461 g/mol. The Balaban J connectivity index is 1.37. The van der Waals surface area contributed by atoms with Crippen LogP contribution in [0.4, 0.5) is 11.6 Å². The predicted molar refractivity (Wildman–Crippen MR) is 129 cm³/mol. The monoisotopic (exact) mass is 460 g/mol. The van der Waals surface area contributed by atoms with E-state index in [2.05, 4.69) is 57.5 Å². The van der Waals surface area contributed by atoms with Crippen LogP contribution in [-0.4, -0.2) is 80.6 Å². The van der Waals surface area contributed by atoms with Gasteiger partial charge in [0.1, 0.15) is 12.4 Å². The average Bonchev–Trinajstić information content (AvgIpc) is 2.84. The van der Waals surface area contributed by atoms with Gasteiger partial charge >= 0.3 is 6.01 Å². The van der Waals surface area contributed by atoms with Crippen LogP contribution in [-0.2, 0) is 9.47 Å². The quantitative estimate of drug-likeness (QED) is 0.569. The Kier molecular flexibility index (Phi) is 8.27. The maximum Gasteiger partial charge on any atom is 0.320 e. The van der Waals surface area contributed by atoms with Gasteiger partial charge in [-0.2, -0.15) is 9.97 Å². The second kappa shape index (κ2) is 11.4. The van der Waals surface area contributed by atoms with E-state index in [1.54, 1.807) is 0 Å². The van der Waals surface area contributed by atoms with Gasteiger partial charge in [0, 0.05) is 44.5 Å². The summed E-state index contributed by atoms with van der Waals surface area (Å²) < 4.78 is 16.9. The summed E-state index contributed by atoms with van der Waals surface area (Å²) in [6, 6.07) is 2.39. The van der Waals surface area contributed by atoms with E-state index >= 15 is 0 Å². The first kappa shape index (κ1) is 24.0. The lowest BCUT2D eigenvalue weighted by molar-refractivity contribution is 0.0317. The molecule has 33 heavy (non-hydrogen) atoms. The molecule has 1 unspecified atom stereocenters. The van der Waals surface area contributed by atoms with Gasteiger partial charge in [0.15, 0.2) is 5.82 Å². The molecule has 0 saturated carbocycles. The molecule has 4 rings (SSSR count). The summed E-state index contributed by atoms with van der Waals surface area (Å²) in [6.07, 6.45) is 5.66. The molecular formula is C24H40N6O3. The molecule has 1 aromatic heterocycles. The summed E-state index contributed by atoms with van der Waals surface area (Å²) >= 11 is 0. The van der Waals surface area contributed by atoms with E-state index in [-0.39, 0.29) is 0 Å². The fourth-order valence-corrected chi connectivity index (χ4v) is 4.47. The summed E-state index contributed by atoms with van der Waals surface area (Å²) in [5.41, 5.74) is 8.24. The number of nitrogens with zero attached hydrogens (tertiary/aromatic N) is 4. The maximum atomic E-state index is 5.98. The van der Waals surface area contributed by atoms with Crippen LogP contribution in [0.1, 0.15) is 40.0 Å². The van der Waals surface area contributed by atoms with Crippen molar-refractivity contribution < 1.29 is 14.2 Å². The lowest BCUT2D eigenvalue weighted by atomic mass is 9.74. The van der Waals surface area contributed by atoms with E-state index in [1.165, 1.54) is 12.1 Å². The molecule has 0 radical (unpaired) electrons. The molecule has 0 amide bonds. The van der Waals surface area contributed by atoms with Gasteiger partial charge in [0.05, 0.1) is 26.4 Å². The lowest BCUT2D eigenvalue weighted by Gasteiger charge is -2.33. The van der Waals surface area contributed by atoms with Gasteiger partial charge in [0.2, 0.25) is 0 Å². The Hall–Kier alpha value is -2.10. The van der Waals surface area contributed by atoms with Gasteiger partial charge in [-0.3, -0.25) is 10.3 Å². The highest BCUT2D eigenvalue weighted by Crippen LogP contribution is 2.36. The molecule has 9 nitrogen and oxygen atoms in total. The van der Waals surface area contributed by atoms with Gasteiger partial charge in [-0.25, -0.2) is 0 Å². The van der Waals surface area contributed by atoms with Crippen LogP contribution < -0.4 is 20.5 Å². The van der Waals surface area contributed by atoms with Crippen molar-refractivity contribution in [1.29, 1.82) is 0 Å². The van der Waals surface area contributed by atoms with E-state index in [9.17, 15) is 0 Å². The second-order valence-electron chi connectivity index (χ2n) is 10.1. The number of hydrogen-bond donors (Lipinski definition) is 2. The van der Waals surface area contributed by atoms with Crippen molar-refractivity contribution in [3.63, 3.8) is 0 Å². The molecule has 3 aliphatic rings. The van der Waals surface area contributed by atoms with Crippen LogP contribution in [0.2, 0.25) is 0 Å². The first-order chi connectivity index (χ1) is 16.0. The SMILES string of the molecule is CC(C)(C)C1CC=C(NNc2cc(N3CCOCC3)nc(OCCN3CCOCC3)n2)CC1. The zero-order chi connectivity index (χ0) is 23.1. The van der Waals surface area contributed by atoms with E-state index in [1.807, 2.05) is 6.07 Å². The Bertz CT molecular complexity index is 785. The number of aromatic nitrogens is 2. The van der Waals surface area contributed by atoms with Crippen LogP contribution in [0.5, 0.6) is 6.01 Å². The number of ether oxygens (including phenoxy) is 3. The Morgan fingerprint density at radius 2 is 1.76 bits per heavy atom. The summed E-state index contributed by atoms with van der Waals surface area (Å²) in [7, 11) is 0. The molecule has 1 atom stereocenters. The highest BCUT2D eigenvalue weighted by molar-refractivity contribution is 5.50. The molecule has 3 heterocycles. The minimum atomic E-state index is 0.350. The minimum Gasteiger partial charge on any atom is -0.462 e. The standard InChI is InChI=1S/C24H40N6O3/c1-24(2,3)19-4-6-20(7-5-19)27-28-21-18-22(30-11-15-32-16-12-30)26-23(25-21)33-17-10-29-8-13-31-14-9-29/h6,18-19,27H,4-5,7-17H2,1-3H3,(H,25,26,28). The van der Waals surface area contributed by atoms with E-state index in [0.717, 1.165) is 70.5 Å². The topological polar surface area (TPSA) is 84.0 Å². The van der Waals surface area contributed by atoms with Crippen molar-refractivity contribution in [3.05, 3.63) is 17.8 Å². The number of morpholine rings is 2. The molecule has 2 aliphatic heterocycles. The summed E-state index contributed by atoms with van der Waals surface area (Å²) in [5, 5.41) is 0. The smallest absolute Gasteiger partial charge is 0.320 e. The number of nitrogens with one attached hydrogen (secondary N) is 2. The summed E-state index contributed by atoms with van der Waals surface area (Å²) in [4.78, 5) is 13.9. The highest BCUT2D eigenvalue weighted by Gasteiger charge is 2.26. The summed E-state index contributed by atoms with van der Waals surface area (Å²) in [5.74, 6) is 2.30. The van der Waals surface area contributed by atoms with Crippen LogP contribution >= 0.6 is 0 Å². The predicted octanol–water partition coefficient (Wildman–Crippen LogP) is 2.67.